The van der Waals surface area contributed by atoms with Gasteiger partial charge in [-0.2, -0.15) is 0 Å². The molecule has 0 amide bonds. The van der Waals surface area contributed by atoms with Gasteiger partial charge in [-0.05, 0) is 52.2 Å². The van der Waals surface area contributed by atoms with E-state index in [1.165, 1.54) is 16.8 Å². The van der Waals surface area contributed by atoms with Crippen LogP contribution in [-0.4, -0.2) is 57.8 Å². The van der Waals surface area contributed by atoms with Gasteiger partial charge in [-0.3, -0.25) is 4.90 Å². The predicted octanol–water partition coefficient (Wildman–Crippen LogP) is 4.72. The monoisotopic (exact) mass is 472 g/mol. The molecular formula is C27H29ClN6. The Morgan fingerprint density at radius 1 is 0.735 bits per heavy atom. The molecule has 34 heavy (non-hydrogen) atoms. The molecule has 4 aromatic rings. The summed E-state index contributed by atoms with van der Waals surface area (Å²) >= 11 is 6.03. The first kappa shape index (κ1) is 22.6. The Balaban J connectivity index is 1.21. The van der Waals surface area contributed by atoms with E-state index in [0.29, 0.717) is 0 Å². The molecular weight excluding hydrogens is 444 g/mol. The predicted molar refractivity (Wildman–Crippen MR) is 136 cm³/mol. The summed E-state index contributed by atoms with van der Waals surface area (Å²) in [7, 11) is 0. The third kappa shape index (κ3) is 5.29. The summed E-state index contributed by atoms with van der Waals surface area (Å²) in [6.07, 6.45) is 1.01. The molecule has 174 valence electrons. The van der Waals surface area contributed by atoms with Crippen LogP contribution >= 0.6 is 11.6 Å². The Kier molecular flexibility index (Phi) is 7.17. The average molecular weight is 473 g/mol. The van der Waals surface area contributed by atoms with Crippen LogP contribution in [0, 0.1) is 0 Å². The number of hydrogen-bond acceptors (Lipinski definition) is 5. The Morgan fingerprint density at radius 2 is 1.35 bits per heavy atom. The van der Waals surface area contributed by atoms with Crippen LogP contribution in [0.5, 0.6) is 0 Å². The Labute approximate surface area is 205 Å². The van der Waals surface area contributed by atoms with Crippen molar-refractivity contribution in [3.8, 4) is 0 Å². The van der Waals surface area contributed by atoms with Gasteiger partial charge in [0.25, 0.3) is 0 Å². The summed E-state index contributed by atoms with van der Waals surface area (Å²) in [4.78, 5) is 4.96. The second kappa shape index (κ2) is 10.8. The molecule has 6 nitrogen and oxygen atoms in total. The minimum atomic E-state index is 0.0142. The largest absolute Gasteiger partial charge is 0.369 e. The van der Waals surface area contributed by atoms with Crippen molar-refractivity contribution in [3.63, 3.8) is 0 Å². The standard InChI is InChI=1S/C27H29ClN6/c28-24-12-14-25(15-13-24)33-20-18-32(19-21-33)16-7-17-34-27(29-30-31-34)26(22-8-3-1-4-9-22)23-10-5-2-6-11-23/h1-6,8-15,26H,7,16-21H2. The number of tetrazole rings is 1. The molecule has 1 saturated heterocycles. The minimum Gasteiger partial charge on any atom is -0.369 e. The third-order valence-corrected chi connectivity index (χ3v) is 6.74. The zero-order valence-corrected chi connectivity index (χ0v) is 19.9. The van der Waals surface area contributed by atoms with Crippen LogP contribution in [0.2, 0.25) is 5.02 Å². The van der Waals surface area contributed by atoms with Gasteiger partial charge >= 0.3 is 0 Å². The lowest BCUT2D eigenvalue weighted by Crippen LogP contribution is -2.46. The summed E-state index contributed by atoms with van der Waals surface area (Å²) < 4.78 is 1.98. The Hall–Kier alpha value is -3.22. The zero-order valence-electron chi connectivity index (χ0n) is 19.2. The lowest BCUT2D eigenvalue weighted by atomic mass is 9.90. The van der Waals surface area contributed by atoms with Crippen molar-refractivity contribution in [2.24, 2.45) is 0 Å². The van der Waals surface area contributed by atoms with Crippen molar-refractivity contribution in [1.29, 1.82) is 0 Å². The molecule has 0 N–H and O–H groups in total. The topological polar surface area (TPSA) is 50.1 Å². The maximum atomic E-state index is 6.03. The fourth-order valence-corrected chi connectivity index (χ4v) is 4.81. The maximum absolute atomic E-state index is 6.03. The number of aromatic nitrogens is 4. The number of nitrogens with zero attached hydrogens (tertiary/aromatic N) is 6. The molecule has 0 spiro atoms. The van der Waals surface area contributed by atoms with Crippen molar-refractivity contribution in [2.75, 3.05) is 37.6 Å². The summed E-state index contributed by atoms with van der Waals surface area (Å²) in [6, 6.07) is 29.1. The van der Waals surface area contributed by atoms with Crippen LogP contribution in [-0.2, 0) is 6.54 Å². The van der Waals surface area contributed by atoms with Crippen molar-refractivity contribution in [3.05, 3.63) is 107 Å². The van der Waals surface area contributed by atoms with Crippen molar-refractivity contribution in [2.45, 2.75) is 18.9 Å². The third-order valence-electron chi connectivity index (χ3n) is 6.49. The van der Waals surface area contributed by atoms with E-state index >= 15 is 0 Å². The van der Waals surface area contributed by atoms with E-state index in [9.17, 15) is 0 Å². The van der Waals surface area contributed by atoms with Gasteiger partial charge in [-0.15, -0.1) is 5.10 Å². The van der Waals surface area contributed by atoms with Crippen molar-refractivity contribution >= 4 is 17.3 Å². The molecule has 1 aliphatic heterocycles. The number of halogens is 1. The van der Waals surface area contributed by atoms with Crippen LogP contribution in [0.1, 0.15) is 29.3 Å². The molecule has 7 heteroatoms. The second-order valence-corrected chi connectivity index (χ2v) is 9.11. The fourth-order valence-electron chi connectivity index (χ4n) is 4.68. The first-order chi connectivity index (χ1) is 16.8. The number of rotatable bonds is 8. The van der Waals surface area contributed by atoms with Gasteiger partial charge in [0.05, 0.1) is 5.92 Å². The van der Waals surface area contributed by atoms with Crippen molar-refractivity contribution < 1.29 is 0 Å². The summed E-state index contributed by atoms with van der Waals surface area (Å²) in [5, 5.41) is 13.6. The normalized spacial score (nSPS) is 14.6. The van der Waals surface area contributed by atoms with E-state index < -0.39 is 0 Å². The van der Waals surface area contributed by atoms with Gasteiger partial charge in [-0.1, -0.05) is 72.3 Å². The molecule has 0 aliphatic carbocycles. The number of hydrogen-bond donors (Lipinski definition) is 0. The van der Waals surface area contributed by atoms with E-state index in [-0.39, 0.29) is 5.92 Å². The summed E-state index contributed by atoms with van der Waals surface area (Å²) in [6.45, 7) is 6.01. The van der Waals surface area contributed by atoms with E-state index in [1.54, 1.807) is 0 Å². The van der Waals surface area contributed by atoms with Gasteiger partial charge in [0.15, 0.2) is 5.82 Å². The lowest BCUT2D eigenvalue weighted by Gasteiger charge is -2.36. The van der Waals surface area contributed by atoms with Gasteiger partial charge in [0, 0.05) is 50.0 Å². The average Bonchev–Trinajstić information content (AvgIpc) is 3.34. The zero-order chi connectivity index (χ0) is 23.2. The highest BCUT2D eigenvalue weighted by molar-refractivity contribution is 6.30. The van der Waals surface area contributed by atoms with E-state index in [4.69, 9.17) is 11.6 Å². The molecule has 2 heterocycles. The molecule has 1 aromatic heterocycles. The second-order valence-electron chi connectivity index (χ2n) is 8.67. The number of aryl methyl sites for hydroxylation is 1. The molecule has 5 rings (SSSR count). The highest BCUT2D eigenvalue weighted by atomic mass is 35.5. The molecule has 1 fully saturated rings. The van der Waals surface area contributed by atoms with Crippen LogP contribution in [0.15, 0.2) is 84.9 Å². The molecule has 0 unspecified atom stereocenters. The first-order valence-electron chi connectivity index (χ1n) is 11.9. The van der Waals surface area contributed by atoms with Gasteiger partial charge in [0.2, 0.25) is 0 Å². The van der Waals surface area contributed by atoms with Gasteiger partial charge < -0.3 is 4.90 Å². The van der Waals surface area contributed by atoms with Crippen LogP contribution in [0.25, 0.3) is 0 Å². The maximum Gasteiger partial charge on any atom is 0.163 e. The molecule has 0 radical (unpaired) electrons. The van der Waals surface area contributed by atoms with Crippen LogP contribution in [0.3, 0.4) is 0 Å². The van der Waals surface area contributed by atoms with E-state index in [1.807, 2.05) is 28.9 Å². The fraction of sp³-hybridized carbons (Fsp3) is 0.296. The molecule has 0 saturated carbocycles. The SMILES string of the molecule is Clc1ccc(N2CCN(CCCn3nnnc3C(c3ccccc3)c3ccccc3)CC2)cc1. The quantitative estimate of drug-likeness (QED) is 0.371. The highest BCUT2D eigenvalue weighted by Crippen LogP contribution is 2.30. The summed E-state index contributed by atoms with van der Waals surface area (Å²) in [5.74, 6) is 0.908. The van der Waals surface area contributed by atoms with Crippen LogP contribution in [0.4, 0.5) is 5.69 Å². The van der Waals surface area contributed by atoms with Crippen molar-refractivity contribution in [1.82, 2.24) is 25.1 Å². The van der Waals surface area contributed by atoms with E-state index in [0.717, 1.165) is 56.5 Å². The number of benzene rings is 3. The molecule has 3 aromatic carbocycles. The van der Waals surface area contributed by atoms with Gasteiger partial charge in [0.1, 0.15) is 0 Å². The minimum absolute atomic E-state index is 0.0142. The molecule has 0 atom stereocenters. The number of piperazine rings is 1. The van der Waals surface area contributed by atoms with Crippen LogP contribution < -0.4 is 4.90 Å². The Bertz CT molecular complexity index is 1120. The highest BCUT2D eigenvalue weighted by Gasteiger charge is 2.23. The number of anilines is 1. The molecule has 1 aliphatic rings. The van der Waals surface area contributed by atoms with E-state index in [2.05, 4.69) is 86.0 Å². The van der Waals surface area contributed by atoms with Gasteiger partial charge in [-0.25, -0.2) is 4.68 Å². The lowest BCUT2D eigenvalue weighted by molar-refractivity contribution is 0.248. The Morgan fingerprint density at radius 3 is 1.97 bits per heavy atom. The smallest absolute Gasteiger partial charge is 0.163 e. The summed E-state index contributed by atoms with van der Waals surface area (Å²) in [5.41, 5.74) is 3.64. The first-order valence-corrected chi connectivity index (χ1v) is 12.2. The molecule has 0 bridgehead atoms.